The summed E-state index contributed by atoms with van der Waals surface area (Å²) in [7, 11) is 0. The zero-order chi connectivity index (χ0) is 16.5. The van der Waals surface area contributed by atoms with Gasteiger partial charge in [-0.1, -0.05) is 49.4 Å². The van der Waals surface area contributed by atoms with Crippen molar-refractivity contribution < 1.29 is 14.3 Å². The molecule has 0 amide bonds. The highest BCUT2D eigenvalue weighted by Gasteiger charge is 2.19. The fraction of sp³-hybridized carbons (Fsp3) is 0.350. The van der Waals surface area contributed by atoms with Crippen molar-refractivity contribution >= 4 is 5.97 Å². The predicted molar refractivity (Wildman–Crippen MR) is 91.8 cm³/mol. The average Bonchev–Trinajstić information content (AvgIpc) is 2.59. The number of esters is 1. The van der Waals surface area contributed by atoms with Crippen molar-refractivity contribution in [2.45, 2.75) is 32.6 Å². The highest BCUT2D eigenvalue weighted by atomic mass is 16.5. The first-order chi connectivity index (χ1) is 11.2. The summed E-state index contributed by atoms with van der Waals surface area (Å²) in [4.78, 5) is 12.0. The van der Waals surface area contributed by atoms with Crippen LogP contribution in [0.2, 0.25) is 0 Å². The highest BCUT2D eigenvalue weighted by Crippen LogP contribution is 2.29. The van der Waals surface area contributed by atoms with Crippen molar-refractivity contribution in [2.75, 3.05) is 13.2 Å². The van der Waals surface area contributed by atoms with Crippen LogP contribution in [0.25, 0.3) is 0 Å². The molecule has 0 aromatic heterocycles. The number of rotatable bonds is 8. The molecule has 2 rings (SSSR count). The zero-order valence-electron chi connectivity index (χ0n) is 13.8. The van der Waals surface area contributed by atoms with Gasteiger partial charge in [-0.15, -0.1) is 0 Å². The quantitative estimate of drug-likeness (QED) is 0.670. The van der Waals surface area contributed by atoms with Gasteiger partial charge in [0.05, 0.1) is 19.6 Å². The lowest BCUT2D eigenvalue weighted by Crippen LogP contribution is -2.11. The van der Waals surface area contributed by atoms with Crippen molar-refractivity contribution in [3.63, 3.8) is 0 Å². The van der Waals surface area contributed by atoms with Crippen LogP contribution in [0.1, 0.15) is 43.7 Å². The Hall–Kier alpha value is -2.29. The van der Waals surface area contributed by atoms with E-state index in [1.54, 1.807) is 0 Å². The van der Waals surface area contributed by atoms with E-state index in [1.165, 1.54) is 0 Å². The summed E-state index contributed by atoms with van der Waals surface area (Å²) in [6, 6.07) is 18.0. The zero-order valence-corrected chi connectivity index (χ0v) is 13.8. The molecule has 0 spiro atoms. The van der Waals surface area contributed by atoms with Crippen LogP contribution < -0.4 is 4.74 Å². The van der Waals surface area contributed by atoms with Crippen molar-refractivity contribution in [2.24, 2.45) is 0 Å². The third-order valence-corrected chi connectivity index (χ3v) is 3.63. The topological polar surface area (TPSA) is 35.5 Å². The number of benzene rings is 2. The monoisotopic (exact) mass is 312 g/mol. The Kier molecular flexibility index (Phi) is 6.67. The van der Waals surface area contributed by atoms with Crippen LogP contribution in [0, 0.1) is 0 Å². The molecular formula is C20H24O3. The Morgan fingerprint density at radius 2 is 1.61 bits per heavy atom. The Labute approximate surface area is 138 Å². The molecule has 2 aromatic carbocycles. The summed E-state index contributed by atoms with van der Waals surface area (Å²) in [5, 5.41) is 0. The molecule has 0 aliphatic rings. The molecule has 0 saturated heterocycles. The van der Waals surface area contributed by atoms with Crippen LogP contribution in [-0.4, -0.2) is 19.2 Å². The Morgan fingerprint density at radius 3 is 2.22 bits per heavy atom. The van der Waals surface area contributed by atoms with E-state index >= 15 is 0 Å². The van der Waals surface area contributed by atoms with E-state index in [0.717, 1.165) is 23.3 Å². The van der Waals surface area contributed by atoms with E-state index in [-0.39, 0.29) is 11.9 Å². The number of ether oxygens (including phenoxy) is 2. The van der Waals surface area contributed by atoms with Gasteiger partial charge in [-0.3, -0.25) is 4.79 Å². The first kappa shape index (κ1) is 17.1. The van der Waals surface area contributed by atoms with Gasteiger partial charge in [0.15, 0.2) is 0 Å². The first-order valence-electron chi connectivity index (χ1n) is 8.18. The Morgan fingerprint density at radius 1 is 0.957 bits per heavy atom. The smallest absolute Gasteiger partial charge is 0.306 e. The van der Waals surface area contributed by atoms with Gasteiger partial charge in [-0.2, -0.15) is 0 Å². The molecule has 2 aromatic rings. The van der Waals surface area contributed by atoms with Crippen molar-refractivity contribution in [1.29, 1.82) is 0 Å². The minimum Gasteiger partial charge on any atom is -0.494 e. The molecule has 122 valence electrons. The van der Waals surface area contributed by atoms with Gasteiger partial charge in [0.25, 0.3) is 0 Å². The number of hydrogen-bond acceptors (Lipinski definition) is 3. The molecular weight excluding hydrogens is 288 g/mol. The second-order valence-electron chi connectivity index (χ2n) is 5.39. The number of hydrogen-bond donors (Lipinski definition) is 0. The molecule has 3 heteroatoms. The normalized spacial score (nSPS) is 11.7. The van der Waals surface area contributed by atoms with Gasteiger partial charge in [0.1, 0.15) is 5.75 Å². The van der Waals surface area contributed by atoms with Gasteiger partial charge in [-0.25, -0.2) is 0 Å². The number of carbonyl (C=O) groups is 1. The number of carbonyl (C=O) groups excluding carboxylic acids is 1. The molecule has 0 aliphatic heterocycles. The van der Waals surface area contributed by atoms with Crippen LogP contribution in [0.3, 0.4) is 0 Å². The summed E-state index contributed by atoms with van der Waals surface area (Å²) in [5.74, 6) is 0.682. The molecule has 0 saturated carbocycles. The van der Waals surface area contributed by atoms with Gasteiger partial charge >= 0.3 is 5.97 Å². The lowest BCUT2D eigenvalue weighted by molar-refractivity contribution is -0.143. The molecule has 0 radical (unpaired) electrons. The lowest BCUT2D eigenvalue weighted by atomic mass is 9.88. The summed E-state index contributed by atoms with van der Waals surface area (Å²) < 4.78 is 10.8. The van der Waals surface area contributed by atoms with Crippen molar-refractivity contribution in [3.05, 3.63) is 65.7 Å². The minimum atomic E-state index is -0.173. The predicted octanol–water partition coefficient (Wildman–Crippen LogP) is 4.56. The average molecular weight is 312 g/mol. The van der Waals surface area contributed by atoms with Gasteiger partial charge in [0.2, 0.25) is 0 Å². The van der Waals surface area contributed by atoms with Crippen LogP contribution >= 0.6 is 0 Å². The SMILES string of the molecule is CCCOc1ccc([C@@H](CC(=O)OCC)c2ccccc2)cc1. The van der Waals surface area contributed by atoms with E-state index in [4.69, 9.17) is 9.47 Å². The second-order valence-corrected chi connectivity index (χ2v) is 5.39. The van der Waals surface area contributed by atoms with Crippen LogP contribution in [0.5, 0.6) is 5.75 Å². The summed E-state index contributed by atoms with van der Waals surface area (Å²) in [5.41, 5.74) is 2.20. The third-order valence-electron chi connectivity index (χ3n) is 3.63. The standard InChI is InChI=1S/C20H24O3/c1-3-14-23-18-12-10-17(11-13-18)19(15-20(21)22-4-2)16-8-6-5-7-9-16/h5-13,19H,3-4,14-15H2,1-2H3/t19-/m0/s1. The molecule has 3 nitrogen and oxygen atoms in total. The van der Waals surface area contributed by atoms with E-state index in [2.05, 4.69) is 6.92 Å². The van der Waals surface area contributed by atoms with E-state index in [9.17, 15) is 4.79 Å². The van der Waals surface area contributed by atoms with E-state index < -0.39 is 0 Å². The van der Waals surface area contributed by atoms with Crippen LogP contribution in [0.4, 0.5) is 0 Å². The molecule has 0 heterocycles. The summed E-state index contributed by atoms with van der Waals surface area (Å²) >= 11 is 0. The molecule has 0 N–H and O–H groups in total. The van der Waals surface area contributed by atoms with Crippen LogP contribution in [-0.2, 0) is 9.53 Å². The summed E-state index contributed by atoms with van der Waals surface area (Å²) in [6.45, 7) is 5.03. The molecule has 0 fully saturated rings. The lowest BCUT2D eigenvalue weighted by Gasteiger charge is -2.18. The Bertz CT molecular complexity index is 590. The maximum Gasteiger partial charge on any atom is 0.306 e. The largest absolute Gasteiger partial charge is 0.494 e. The fourth-order valence-electron chi connectivity index (χ4n) is 2.52. The van der Waals surface area contributed by atoms with Crippen molar-refractivity contribution in [1.82, 2.24) is 0 Å². The molecule has 1 atom stereocenters. The van der Waals surface area contributed by atoms with Gasteiger partial charge in [0, 0.05) is 5.92 Å². The van der Waals surface area contributed by atoms with Gasteiger partial charge in [-0.05, 0) is 36.6 Å². The maximum atomic E-state index is 12.0. The second kappa shape index (κ2) is 8.99. The van der Waals surface area contributed by atoms with Crippen LogP contribution in [0.15, 0.2) is 54.6 Å². The molecule has 23 heavy (non-hydrogen) atoms. The molecule has 0 unspecified atom stereocenters. The minimum absolute atomic E-state index is 0.00419. The van der Waals surface area contributed by atoms with Gasteiger partial charge < -0.3 is 9.47 Å². The Balaban J connectivity index is 2.21. The van der Waals surface area contributed by atoms with Crippen molar-refractivity contribution in [3.8, 4) is 5.75 Å². The fourth-order valence-corrected chi connectivity index (χ4v) is 2.52. The highest BCUT2D eigenvalue weighted by molar-refractivity contribution is 5.71. The van der Waals surface area contributed by atoms with E-state index in [1.807, 2.05) is 61.5 Å². The molecule has 0 bridgehead atoms. The third kappa shape index (κ3) is 5.13. The van der Waals surface area contributed by atoms with E-state index in [0.29, 0.717) is 19.6 Å². The maximum absolute atomic E-state index is 12.0. The summed E-state index contributed by atoms with van der Waals surface area (Å²) in [6.07, 6.45) is 1.32. The first-order valence-corrected chi connectivity index (χ1v) is 8.18. The molecule has 0 aliphatic carbocycles.